The van der Waals surface area contributed by atoms with Crippen LogP contribution in [0, 0.1) is 0 Å². The van der Waals surface area contributed by atoms with E-state index < -0.39 is 0 Å². The van der Waals surface area contributed by atoms with E-state index in [1.807, 2.05) is 4.90 Å². The molecule has 114 valence electrons. The number of halogens is 1. The van der Waals surface area contributed by atoms with Gasteiger partial charge in [0.15, 0.2) is 0 Å². The van der Waals surface area contributed by atoms with Crippen LogP contribution in [-0.2, 0) is 0 Å². The van der Waals surface area contributed by atoms with Crippen LogP contribution in [0.3, 0.4) is 0 Å². The molecule has 1 aromatic rings. The highest BCUT2D eigenvalue weighted by Crippen LogP contribution is 2.32. The first kappa shape index (κ1) is 14.8. The standard InChI is InChI=1S/C16H22ClN3O/c1-11(2)20-12-3-4-13(20)10-19(8-6-12)16(21)14-5-7-18-9-15(14)17/h5,7,9,11-13H,3-4,6,8,10H2,1-2H3/t12-,13-/m0/s1. The SMILES string of the molecule is CC(C)N1[C@H]2CC[C@H]1CN(C(=O)c1ccncc1Cl)CC2. The average molecular weight is 308 g/mol. The zero-order chi connectivity index (χ0) is 15.0. The van der Waals surface area contributed by atoms with Crippen molar-refractivity contribution < 1.29 is 4.79 Å². The van der Waals surface area contributed by atoms with Crippen molar-refractivity contribution >= 4 is 17.5 Å². The zero-order valence-corrected chi connectivity index (χ0v) is 13.4. The number of fused-ring (bicyclic) bond motifs is 2. The van der Waals surface area contributed by atoms with Crippen LogP contribution in [0.25, 0.3) is 0 Å². The second-order valence-electron chi connectivity index (χ2n) is 6.32. The maximum absolute atomic E-state index is 12.7. The molecule has 3 heterocycles. The number of pyridine rings is 1. The highest BCUT2D eigenvalue weighted by atomic mass is 35.5. The fourth-order valence-electron chi connectivity index (χ4n) is 3.86. The van der Waals surface area contributed by atoms with Gasteiger partial charge in [0.05, 0.1) is 10.6 Å². The lowest BCUT2D eigenvalue weighted by molar-refractivity contribution is 0.0728. The summed E-state index contributed by atoms with van der Waals surface area (Å²) in [6, 6.07) is 3.37. The van der Waals surface area contributed by atoms with Crippen molar-refractivity contribution in [3.63, 3.8) is 0 Å². The van der Waals surface area contributed by atoms with Crippen molar-refractivity contribution in [3.05, 3.63) is 29.0 Å². The Labute approximate surface area is 131 Å². The van der Waals surface area contributed by atoms with Crippen LogP contribution in [0.15, 0.2) is 18.5 Å². The predicted octanol–water partition coefficient (Wildman–Crippen LogP) is 2.82. The van der Waals surface area contributed by atoms with E-state index in [9.17, 15) is 4.79 Å². The van der Waals surface area contributed by atoms with E-state index in [2.05, 4.69) is 23.7 Å². The Morgan fingerprint density at radius 3 is 2.81 bits per heavy atom. The second-order valence-corrected chi connectivity index (χ2v) is 6.73. The fraction of sp³-hybridized carbons (Fsp3) is 0.625. The zero-order valence-electron chi connectivity index (χ0n) is 12.6. The summed E-state index contributed by atoms with van der Waals surface area (Å²) in [6.07, 6.45) is 6.68. The van der Waals surface area contributed by atoms with E-state index in [0.29, 0.717) is 28.7 Å². The number of likely N-dealkylation sites (tertiary alicyclic amines) is 1. The summed E-state index contributed by atoms with van der Waals surface area (Å²) in [5.41, 5.74) is 0.570. The van der Waals surface area contributed by atoms with Crippen LogP contribution in [0.5, 0.6) is 0 Å². The minimum atomic E-state index is 0.0404. The molecule has 1 aromatic heterocycles. The Kier molecular flexibility index (Phi) is 4.18. The Bertz CT molecular complexity index is 534. The van der Waals surface area contributed by atoms with E-state index >= 15 is 0 Å². The molecule has 2 aliphatic heterocycles. The lowest BCUT2D eigenvalue weighted by Crippen LogP contribution is -2.44. The summed E-state index contributed by atoms with van der Waals surface area (Å²) in [4.78, 5) is 21.2. The molecule has 0 spiro atoms. The predicted molar refractivity (Wildman–Crippen MR) is 83.6 cm³/mol. The minimum Gasteiger partial charge on any atom is -0.337 e. The van der Waals surface area contributed by atoms with E-state index in [-0.39, 0.29) is 5.91 Å². The van der Waals surface area contributed by atoms with E-state index in [1.54, 1.807) is 18.5 Å². The quantitative estimate of drug-likeness (QED) is 0.843. The lowest BCUT2D eigenvalue weighted by atomic mass is 10.1. The number of hydrogen-bond acceptors (Lipinski definition) is 3. The van der Waals surface area contributed by atoms with Crippen molar-refractivity contribution in [2.24, 2.45) is 0 Å². The molecular weight excluding hydrogens is 286 g/mol. The Morgan fingerprint density at radius 2 is 2.10 bits per heavy atom. The molecule has 0 aromatic carbocycles. The van der Waals surface area contributed by atoms with Gasteiger partial charge < -0.3 is 4.90 Å². The Morgan fingerprint density at radius 1 is 1.33 bits per heavy atom. The van der Waals surface area contributed by atoms with Crippen LogP contribution in [0.2, 0.25) is 5.02 Å². The Balaban J connectivity index is 1.79. The molecule has 2 saturated heterocycles. The molecule has 0 N–H and O–H groups in total. The monoisotopic (exact) mass is 307 g/mol. The van der Waals surface area contributed by atoms with Crippen molar-refractivity contribution in [2.45, 2.75) is 51.2 Å². The van der Waals surface area contributed by atoms with Crippen molar-refractivity contribution in [1.82, 2.24) is 14.8 Å². The number of rotatable bonds is 2. The van der Waals surface area contributed by atoms with E-state index in [0.717, 1.165) is 19.5 Å². The van der Waals surface area contributed by atoms with Crippen molar-refractivity contribution in [2.75, 3.05) is 13.1 Å². The van der Waals surface area contributed by atoms with E-state index in [4.69, 9.17) is 11.6 Å². The third-order valence-electron chi connectivity index (χ3n) is 4.73. The molecular formula is C16H22ClN3O. The topological polar surface area (TPSA) is 36.4 Å². The average Bonchev–Trinajstić information content (AvgIpc) is 2.73. The number of carbonyl (C=O) groups is 1. The molecule has 0 aliphatic carbocycles. The largest absolute Gasteiger partial charge is 0.337 e. The van der Waals surface area contributed by atoms with Gasteiger partial charge in [0.2, 0.25) is 0 Å². The van der Waals surface area contributed by atoms with Gasteiger partial charge in [-0.3, -0.25) is 14.7 Å². The highest BCUT2D eigenvalue weighted by molar-refractivity contribution is 6.33. The molecule has 0 saturated carbocycles. The molecule has 0 unspecified atom stereocenters. The molecule has 5 heteroatoms. The van der Waals surface area contributed by atoms with Gasteiger partial charge in [-0.25, -0.2) is 0 Å². The molecule has 3 rings (SSSR count). The third kappa shape index (κ3) is 2.79. The summed E-state index contributed by atoms with van der Waals surface area (Å²) < 4.78 is 0. The van der Waals surface area contributed by atoms with Gasteiger partial charge in [-0.2, -0.15) is 0 Å². The smallest absolute Gasteiger partial charge is 0.255 e. The van der Waals surface area contributed by atoms with Gasteiger partial charge in [-0.05, 0) is 39.2 Å². The van der Waals surface area contributed by atoms with Crippen LogP contribution >= 0.6 is 11.6 Å². The number of hydrogen-bond donors (Lipinski definition) is 0. The number of aromatic nitrogens is 1. The summed E-state index contributed by atoms with van der Waals surface area (Å²) >= 11 is 6.12. The summed E-state index contributed by atoms with van der Waals surface area (Å²) in [5, 5.41) is 0.442. The second kappa shape index (κ2) is 5.93. The molecule has 0 radical (unpaired) electrons. The first-order chi connectivity index (χ1) is 10.1. The van der Waals surface area contributed by atoms with Gasteiger partial charge >= 0.3 is 0 Å². The molecule has 2 aliphatic rings. The molecule has 21 heavy (non-hydrogen) atoms. The summed E-state index contributed by atoms with van der Waals surface area (Å²) in [5.74, 6) is 0.0404. The Hall–Kier alpha value is -1.13. The fourth-order valence-corrected chi connectivity index (χ4v) is 4.06. The van der Waals surface area contributed by atoms with E-state index in [1.165, 1.54) is 12.8 Å². The number of amides is 1. The summed E-state index contributed by atoms with van der Waals surface area (Å²) in [7, 11) is 0. The third-order valence-corrected chi connectivity index (χ3v) is 5.03. The van der Waals surface area contributed by atoms with Crippen molar-refractivity contribution in [3.8, 4) is 0 Å². The number of carbonyl (C=O) groups excluding carboxylic acids is 1. The van der Waals surface area contributed by atoms with Crippen LogP contribution in [0.4, 0.5) is 0 Å². The normalized spacial score (nSPS) is 26.2. The molecule has 2 atom stereocenters. The highest BCUT2D eigenvalue weighted by Gasteiger charge is 2.39. The first-order valence-electron chi connectivity index (χ1n) is 7.74. The number of nitrogens with zero attached hydrogens (tertiary/aromatic N) is 3. The van der Waals surface area contributed by atoms with Gasteiger partial charge in [0.1, 0.15) is 0 Å². The molecule has 1 amide bonds. The summed E-state index contributed by atoms with van der Waals surface area (Å²) in [6.45, 7) is 6.14. The van der Waals surface area contributed by atoms with Gasteiger partial charge in [-0.15, -0.1) is 0 Å². The van der Waals surface area contributed by atoms with Gasteiger partial charge in [0, 0.05) is 43.6 Å². The van der Waals surface area contributed by atoms with Crippen LogP contribution in [-0.4, -0.2) is 51.9 Å². The maximum Gasteiger partial charge on any atom is 0.255 e. The van der Waals surface area contributed by atoms with Crippen molar-refractivity contribution in [1.29, 1.82) is 0 Å². The molecule has 2 bridgehead atoms. The maximum atomic E-state index is 12.7. The molecule has 4 nitrogen and oxygen atoms in total. The first-order valence-corrected chi connectivity index (χ1v) is 8.12. The van der Waals surface area contributed by atoms with Crippen LogP contribution < -0.4 is 0 Å². The lowest BCUT2D eigenvalue weighted by Gasteiger charge is -2.32. The van der Waals surface area contributed by atoms with Gasteiger partial charge in [-0.1, -0.05) is 11.6 Å². The molecule has 2 fully saturated rings. The van der Waals surface area contributed by atoms with Gasteiger partial charge in [0.25, 0.3) is 5.91 Å². The van der Waals surface area contributed by atoms with Crippen LogP contribution in [0.1, 0.15) is 43.5 Å². The minimum absolute atomic E-state index is 0.0404.